The molecule has 0 bridgehead atoms. The molecule has 18 heteroatoms. The van der Waals surface area contributed by atoms with E-state index in [1.165, 1.54) is 14.0 Å². The molecule has 0 radical (unpaired) electrons. The fraction of sp³-hybridized carbons (Fsp3) is 0.964. The smallest absolute Gasteiger partial charge is 0.187 e. The molecule has 4 aliphatic rings. The maximum Gasteiger partial charge on any atom is 0.187 e. The monoisotopic (exact) mass is 668 g/mol. The average molecular weight is 669 g/mol. The van der Waals surface area contributed by atoms with Crippen LogP contribution in [-0.2, 0) is 23.7 Å². The van der Waals surface area contributed by atoms with E-state index in [0.717, 1.165) is 0 Å². The van der Waals surface area contributed by atoms with Gasteiger partial charge >= 0.3 is 0 Å². The molecule has 0 aromatic heterocycles. The molecule has 2 unspecified atom stereocenters. The first-order valence-electron chi connectivity index (χ1n) is 15.7. The molecule has 2 aliphatic carbocycles. The molecule has 0 amide bonds. The number of likely N-dealkylation sites (N-methyl/N-ethyl adjacent to an activating group) is 1. The third-order valence-electron chi connectivity index (χ3n) is 9.63. The summed E-state index contributed by atoms with van der Waals surface area (Å²) in [5, 5.41) is 99.9. The van der Waals surface area contributed by atoms with Crippen molar-refractivity contribution < 1.29 is 69.7 Å². The van der Waals surface area contributed by atoms with Gasteiger partial charge in [0.25, 0.3) is 0 Å². The molecule has 2 saturated heterocycles. The van der Waals surface area contributed by atoms with Crippen LogP contribution in [0.15, 0.2) is 0 Å². The highest BCUT2D eigenvalue weighted by atomic mass is 16.7. The number of hydrogen-bond donors (Lipinski definition) is 13. The van der Waals surface area contributed by atoms with Crippen LogP contribution in [0.5, 0.6) is 0 Å². The van der Waals surface area contributed by atoms with Crippen molar-refractivity contribution in [3.05, 3.63) is 0 Å². The van der Waals surface area contributed by atoms with Gasteiger partial charge in [-0.2, -0.15) is 0 Å². The zero-order chi connectivity index (χ0) is 34.1. The van der Waals surface area contributed by atoms with Crippen LogP contribution in [0.2, 0.25) is 0 Å². The van der Waals surface area contributed by atoms with E-state index < -0.39 is 109 Å². The number of hydrogen-bond acceptors (Lipinski definition) is 18. The van der Waals surface area contributed by atoms with E-state index in [2.05, 4.69) is 10.6 Å². The minimum atomic E-state index is -1.77. The number of nitrogens with one attached hydrogen (secondary N) is 2. The van der Waals surface area contributed by atoms with Crippen LogP contribution in [0.1, 0.15) is 32.6 Å². The molecular formula is C28H52N4O14. The molecule has 0 spiro atoms. The third kappa shape index (κ3) is 8.06. The molecule has 4 fully saturated rings. The maximum atomic E-state index is 13.2. The minimum absolute atomic E-state index is 0.00821. The standard InChI is InChI=1S/C28H52N4O14/c1-27(41)10-43-25(21(40)24(27)31-2)45-22-11(4-16(35)28(42)5-12(29)6-28)3-14(30)23(20(22)39)46-26-19(38)18(37)17(36)15(44-26)8-32-7-13(34)9-33/h11-15,17-26,31-34,36-42H,3-10,29-30H2,1-2H3/t11-,12?,13?,14-,15+,17+,18-,19+,20+,21+,22-,23?,24+,25+,26+,27-,28?/m0/s1. The quantitative estimate of drug-likeness (QED) is 0.0867. The van der Waals surface area contributed by atoms with Gasteiger partial charge in [-0.3, -0.25) is 4.79 Å². The number of aliphatic hydroxyl groups excluding tert-OH is 7. The van der Waals surface area contributed by atoms with E-state index in [1.54, 1.807) is 0 Å². The molecule has 268 valence electrons. The predicted octanol–water partition coefficient (Wildman–Crippen LogP) is -6.92. The largest absolute Gasteiger partial charge is 0.394 e. The van der Waals surface area contributed by atoms with Gasteiger partial charge in [-0.25, -0.2) is 0 Å². The zero-order valence-electron chi connectivity index (χ0n) is 26.0. The molecule has 2 heterocycles. The van der Waals surface area contributed by atoms with E-state index >= 15 is 0 Å². The Morgan fingerprint density at radius 2 is 1.63 bits per heavy atom. The first-order valence-corrected chi connectivity index (χ1v) is 15.7. The van der Waals surface area contributed by atoms with Gasteiger partial charge < -0.3 is 87.0 Å². The molecule has 4 rings (SSSR count). The summed E-state index contributed by atoms with van der Waals surface area (Å²) in [5.41, 5.74) is 9.14. The number of Topliss-reactive ketones (excluding diaryl/α,β-unsaturated/α-hetero) is 1. The second-order valence-corrected chi connectivity index (χ2v) is 13.5. The normalized spacial score (nSPS) is 48.9. The molecule has 0 aromatic rings. The number of aliphatic hydroxyl groups is 9. The van der Waals surface area contributed by atoms with Crippen LogP contribution < -0.4 is 22.1 Å². The van der Waals surface area contributed by atoms with Gasteiger partial charge in [0.2, 0.25) is 0 Å². The number of carbonyl (C=O) groups excluding carboxylic acids is 1. The Bertz CT molecular complexity index is 1010. The van der Waals surface area contributed by atoms with Crippen LogP contribution >= 0.6 is 0 Å². The summed E-state index contributed by atoms with van der Waals surface area (Å²) in [6, 6.07) is -2.20. The number of ketones is 1. The summed E-state index contributed by atoms with van der Waals surface area (Å²) in [7, 11) is 1.53. The van der Waals surface area contributed by atoms with E-state index in [9.17, 15) is 45.6 Å². The van der Waals surface area contributed by atoms with Gasteiger partial charge in [-0.15, -0.1) is 0 Å². The van der Waals surface area contributed by atoms with Crippen LogP contribution in [0.25, 0.3) is 0 Å². The summed E-state index contributed by atoms with van der Waals surface area (Å²) < 4.78 is 23.4. The maximum absolute atomic E-state index is 13.2. The summed E-state index contributed by atoms with van der Waals surface area (Å²) in [6.07, 6.45) is -16.0. The highest BCUT2D eigenvalue weighted by Crippen LogP contribution is 2.39. The summed E-state index contributed by atoms with van der Waals surface area (Å²) in [6.45, 7) is 0.550. The second-order valence-electron chi connectivity index (χ2n) is 13.5. The van der Waals surface area contributed by atoms with Gasteiger partial charge in [0.05, 0.1) is 31.5 Å². The van der Waals surface area contributed by atoms with Crippen LogP contribution in [0, 0.1) is 5.92 Å². The van der Waals surface area contributed by atoms with Gasteiger partial charge in [0.1, 0.15) is 53.9 Å². The van der Waals surface area contributed by atoms with Crippen molar-refractivity contribution >= 4 is 5.78 Å². The minimum Gasteiger partial charge on any atom is -0.394 e. The molecule has 0 aromatic carbocycles. The molecular weight excluding hydrogens is 616 g/mol. The van der Waals surface area contributed by atoms with E-state index in [-0.39, 0.29) is 51.4 Å². The van der Waals surface area contributed by atoms with Crippen LogP contribution in [0.4, 0.5) is 0 Å². The summed E-state index contributed by atoms with van der Waals surface area (Å²) >= 11 is 0. The molecule has 2 saturated carbocycles. The molecule has 18 nitrogen and oxygen atoms in total. The highest BCUT2D eigenvalue weighted by molar-refractivity contribution is 5.88. The van der Waals surface area contributed by atoms with Crippen molar-refractivity contribution in [1.82, 2.24) is 10.6 Å². The summed E-state index contributed by atoms with van der Waals surface area (Å²) in [4.78, 5) is 13.2. The Morgan fingerprint density at radius 3 is 2.24 bits per heavy atom. The lowest BCUT2D eigenvalue weighted by molar-refractivity contribution is -0.333. The SMILES string of the molecule is CN[C@@H]1[C@@H](O)[C@@H](O[C@H]2[C@H](CC(=O)C3(O)CC(N)C3)C[C@H](N)C(O[C@H]3O[C@H](CNCC(O)CO)[C@@H](O)[C@H](O)[C@H]3O)[C@@H]2O)OC[C@]1(C)O. The number of ether oxygens (including phenoxy) is 4. The number of rotatable bonds is 13. The van der Waals surface area contributed by atoms with Gasteiger partial charge in [0.15, 0.2) is 18.4 Å². The van der Waals surface area contributed by atoms with Crippen molar-refractivity contribution in [2.24, 2.45) is 17.4 Å². The lowest BCUT2D eigenvalue weighted by Gasteiger charge is -2.50. The molecule has 15 atom stereocenters. The lowest BCUT2D eigenvalue weighted by Crippen LogP contribution is -2.68. The Kier molecular flexibility index (Phi) is 12.5. The van der Waals surface area contributed by atoms with Crippen molar-refractivity contribution in [3.63, 3.8) is 0 Å². The first kappa shape index (κ1) is 37.8. The van der Waals surface area contributed by atoms with Gasteiger partial charge in [0, 0.05) is 31.6 Å². The zero-order valence-corrected chi connectivity index (χ0v) is 26.0. The van der Waals surface area contributed by atoms with Crippen molar-refractivity contribution in [3.8, 4) is 0 Å². The Balaban J connectivity index is 1.52. The van der Waals surface area contributed by atoms with Crippen LogP contribution in [-0.4, -0.2) is 182 Å². The fourth-order valence-corrected chi connectivity index (χ4v) is 6.90. The number of carbonyl (C=O) groups is 1. The molecule has 2 aliphatic heterocycles. The van der Waals surface area contributed by atoms with Gasteiger partial charge in [-0.05, 0) is 39.2 Å². The van der Waals surface area contributed by atoms with E-state index in [4.69, 9.17) is 35.5 Å². The van der Waals surface area contributed by atoms with Crippen molar-refractivity contribution in [2.45, 2.75) is 129 Å². The van der Waals surface area contributed by atoms with E-state index in [1.807, 2.05) is 0 Å². The Labute approximate surface area is 266 Å². The lowest BCUT2D eigenvalue weighted by atomic mass is 9.69. The topological polar surface area (TPSA) is 312 Å². The summed E-state index contributed by atoms with van der Waals surface area (Å²) in [5.74, 6) is -1.32. The molecule has 46 heavy (non-hydrogen) atoms. The first-order chi connectivity index (χ1) is 21.5. The second kappa shape index (κ2) is 15.3. The van der Waals surface area contributed by atoms with E-state index in [0.29, 0.717) is 0 Å². The van der Waals surface area contributed by atoms with Gasteiger partial charge in [-0.1, -0.05) is 0 Å². The number of nitrogens with two attached hydrogens (primary N) is 2. The average Bonchev–Trinajstić information content (AvgIpc) is 2.98. The highest BCUT2D eigenvalue weighted by Gasteiger charge is 2.54. The third-order valence-corrected chi connectivity index (χ3v) is 9.63. The Morgan fingerprint density at radius 1 is 0.978 bits per heavy atom. The Hall–Kier alpha value is -1.01. The van der Waals surface area contributed by atoms with Crippen molar-refractivity contribution in [2.75, 3.05) is 33.4 Å². The molecule has 15 N–H and O–H groups in total. The predicted molar refractivity (Wildman–Crippen MR) is 155 cm³/mol. The fourth-order valence-electron chi connectivity index (χ4n) is 6.90. The van der Waals surface area contributed by atoms with Crippen LogP contribution in [0.3, 0.4) is 0 Å². The van der Waals surface area contributed by atoms with Crippen molar-refractivity contribution in [1.29, 1.82) is 0 Å².